The van der Waals surface area contributed by atoms with Gasteiger partial charge in [0, 0.05) is 32.7 Å². The Labute approximate surface area is 179 Å². The smallest absolute Gasteiger partial charge is 0.342 e. The Hall–Kier alpha value is -3.46. The number of methoxy groups -OCH3 is 1. The van der Waals surface area contributed by atoms with E-state index in [4.69, 9.17) is 18.9 Å². The second-order valence-corrected chi connectivity index (χ2v) is 7.30. The van der Waals surface area contributed by atoms with Crippen LogP contribution >= 0.6 is 0 Å². The molecule has 0 unspecified atom stereocenters. The summed E-state index contributed by atoms with van der Waals surface area (Å²) in [4.78, 5) is 28.6. The Morgan fingerprint density at radius 2 is 1.81 bits per heavy atom. The van der Waals surface area contributed by atoms with E-state index in [1.165, 1.54) is 25.3 Å². The van der Waals surface area contributed by atoms with E-state index in [1.807, 2.05) is 18.2 Å². The minimum Gasteiger partial charge on any atom is -0.507 e. The average molecular weight is 428 g/mol. The van der Waals surface area contributed by atoms with Gasteiger partial charge in [-0.05, 0) is 35.9 Å². The van der Waals surface area contributed by atoms with Gasteiger partial charge in [0.1, 0.15) is 17.1 Å². The molecule has 2 heterocycles. The SMILES string of the molecule is COc1ccc(O)c(C(=O)OCC(=O)N2CCN(Cc3ccc4c(c3)OCO4)CC2)c1. The molecule has 1 saturated heterocycles. The normalized spacial score (nSPS) is 15.6. The maximum absolute atomic E-state index is 12.4. The van der Waals surface area contributed by atoms with Gasteiger partial charge in [-0.3, -0.25) is 9.69 Å². The second kappa shape index (κ2) is 9.13. The molecule has 2 aliphatic rings. The van der Waals surface area contributed by atoms with Gasteiger partial charge in [-0.2, -0.15) is 0 Å². The van der Waals surface area contributed by atoms with Crippen LogP contribution in [0.2, 0.25) is 0 Å². The molecule has 2 aliphatic heterocycles. The summed E-state index contributed by atoms with van der Waals surface area (Å²) in [6, 6.07) is 10.1. The van der Waals surface area contributed by atoms with Crippen LogP contribution in [-0.2, 0) is 16.1 Å². The van der Waals surface area contributed by atoms with Gasteiger partial charge in [0.2, 0.25) is 6.79 Å². The summed E-state index contributed by atoms with van der Waals surface area (Å²) in [6.45, 7) is 3.15. The number of hydrogen-bond acceptors (Lipinski definition) is 8. The summed E-state index contributed by atoms with van der Waals surface area (Å²) in [5.74, 6) is 0.667. The van der Waals surface area contributed by atoms with Crippen molar-refractivity contribution in [1.29, 1.82) is 0 Å². The van der Waals surface area contributed by atoms with Crippen molar-refractivity contribution in [3.8, 4) is 23.0 Å². The third-order valence-corrected chi connectivity index (χ3v) is 5.32. The molecule has 2 aromatic rings. The van der Waals surface area contributed by atoms with Crippen molar-refractivity contribution in [2.75, 3.05) is 46.7 Å². The van der Waals surface area contributed by atoms with Gasteiger partial charge in [-0.1, -0.05) is 6.07 Å². The van der Waals surface area contributed by atoms with E-state index in [1.54, 1.807) is 4.90 Å². The number of aromatic hydroxyl groups is 1. The lowest BCUT2D eigenvalue weighted by Crippen LogP contribution is -2.49. The molecular weight excluding hydrogens is 404 g/mol. The van der Waals surface area contributed by atoms with Crippen molar-refractivity contribution >= 4 is 11.9 Å². The van der Waals surface area contributed by atoms with Crippen molar-refractivity contribution in [2.45, 2.75) is 6.54 Å². The molecule has 0 saturated carbocycles. The maximum atomic E-state index is 12.4. The number of carbonyl (C=O) groups is 2. The molecule has 0 aromatic heterocycles. The van der Waals surface area contributed by atoms with Crippen LogP contribution in [0.3, 0.4) is 0 Å². The Bertz CT molecular complexity index is 970. The zero-order valence-electron chi connectivity index (χ0n) is 17.2. The molecule has 31 heavy (non-hydrogen) atoms. The monoisotopic (exact) mass is 428 g/mol. The van der Waals surface area contributed by atoms with Gasteiger partial charge in [0.05, 0.1) is 7.11 Å². The Morgan fingerprint density at radius 3 is 2.58 bits per heavy atom. The van der Waals surface area contributed by atoms with Crippen LogP contribution in [-0.4, -0.2) is 73.5 Å². The Morgan fingerprint density at radius 1 is 1.03 bits per heavy atom. The van der Waals surface area contributed by atoms with Crippen LogP contribution < -0.4 is 14.2 Å². The molecule has 4 rings (SSSR count). The molecule has 2 aromatic carbocycles. The van der Waals surface area contributed by atoms with E-state index in [-0.39, 0.29) is 30.6 Å². The number of phenols is 1. The van der Waals surface area contributed by atoms with Gasteiger partial charge in [-0.25, -0.2) is 4.79 Å². The largest absolute Gasteiger partial charge is 0.507 e. The lowest BCUT2D eigenvalue weighted by molar-refractivity contribution is -0.136. The van der Waals surface area contributed by atoms with Gasteiger partial charge in [0.25, 0.3) is 5.91 Å². The first kappa shape index (κ1) is 20.8. The fourth-order valence-corrected chi connectivity index (χ4v) is 3.55. The highest BCUT2D eigenvalue weighted by Gasteiger charge is 2.23. The third kappa shape index (κ3) is 4.83. The van der Waals surface area contributed by atoms with Gasteiger partial charge < -0.3 is 29.0 Å². The number of phenolic OH excluding ortho intramolecular Hbond substituents is 1. The predicted molar refractivity (Wildman–Crippen MR) is 109 cm³/mol. The summed E-state index contributed by atoms with van der Waals surface area (Å²) < 4.78 is 20.9. The van der Waals surface area contributed by atoms with Crippen molar-refractivity contribution < 1.29 is 33.6 Å². The molecule has 1 fully saturated rings. The van der Waals surface area contributed by atoms with Gasteiger partial charge >= 0.3 is 5.97 Å². The van der Waals surface area contributed by atoms with E-state index in [0.717, 1.165) is 23.6 Å². The molecule has 9 heteroatoms. The summed E-state index contributed by atoms with van der Waals surface area (Å²) in [5.41, 5.74) is 1.08. The Kier molecular flexibility index (Phi) is 6.13. The van der Waals surface area contributed by atoms with Crippen molar-refractivity contribution in [2.24, 2.45) is 0 Å². The van der Waals surface area contributed by atoms with Crippen LogP contribution in [0, 0.1) is 0 Å². The number of carbonyl (C=O) groups excluding carboxylic acids is 2. The van der Waals surface area contributed by atoms with Crippen LogP contribution in [0.1, 0.15) is 15.9 Å². The molecule has 9 nitrogen and oxygen atoms in total. The molecule has 1 amide bonds. The molecule has 0 spiro atoms. The number of amides is 1. The number of piperazine rings is 1. The van der Waals surface area contributed by atoms with E-state index >= 15 is 0 Å². The molecule has 0 atom stereocenters. The number of esters is 1. The minimum atomic E-state index is -0.772. The zero-order valence-corrected chi connectivity index (χ0v) is 17.2. The minimum absolute atomic E-state index is 0.0410. The third-order valence-electron chi connectivity index (χ3n) is 5.32. The molecular formula is C22H24N2O7. The molecule has 0 aliphatic carbocycles. The van der Waals surface area contributed by atoms with E-state index < -0.39 is 5.97 Å². The number of rotatable bonds is 6. The highest BCUT2D eigenvalue weighted by Crippen LogP contribution is 2.32. The van der Waals surface area contributed by atoms with Crippen molar-refractivity contribution in [3.05, 3.63) is 47.5 Å². The second-order valence-electron chi connectivity index (χ2n) is 7.30. The fourth-order valence-electron chi connectivity index (χ4n) is 3.55. The van der Waals surface area contributed by atoms with E-state index in [0.29, 0.717) is 31.9 Å². The molecule has 0 radical (unpaired) electrons. The number of ether oxygens (including phenoxy) is 4. The lowest BCUT2D eigenvalue weighted by Gasteiger charge is -2.34. The number of benzene rings is 2. The van der Waals surface area contributed by atoms with Crippen molar-refractivity contribution in [3.63, 3.8) is 0 Å². The standard InChI is InChI=1S/C22H24N2O7/c1-28-16-3-4-18(25)17(11-16)22(27)29-13-21(26)24-8-6-23(7-9-24)12-15-2-5-19-20(10-15)31-14-30-19/h2-5,10-11,25H,6-9,12-14H2,1H3. The highest BCUT2D eigenvalue weighted by molar-refractivity contribution is 5.94. The summed E-state index contributed by atoms with van der Waals surface area (Å²) >= 11 is 0. The van der Waals surface area contributed by atoms with E-state index in [9.17, 15) is 14.7 Å². The van der Waals surface area contributed by atoms with Crippen LogP contribution in [0.4, 0.5) is 0 Å². The topological polar surface area (TPSA) is 97.8 Å². The van der Waals surface area contributed by atoms with Crippen LogP contribution in [0.15, 0.2) is 36.4 Å². The summed E-state index contributed by atoms with van der Waals surface area (Å²) in [5, 5.41) is 9.84. The van der Waals surface area contributed by atoms with Crippen molar-refractivity contribution in [1.82, 2.24) is 9.80 Å². The maximum Gasteiger partial charge on any atom is 0.342 e. The highest BCUT2D eigenvalue weighted by atomic mass is 16.7. The number of nitrogens with zero attached hydrogens (tertiary/aromatic N) is 2. The van der Waals surface area contributed by atoms with E-state index in [2.05, 4.69) is 4.90 Å². The quantitative estimate of drug-likeness (QED) is 0.694. The molecule has 1 N–H and O–H groups in total. The number of fused-ring (bicyclic) bond motifs is 1. The average Bonchev–Trinajstić information content (AvgIpc) is 3.26. The van der Waals surface area contributed by atoms with Gasteiger partial charge in [0.15, 0.2) is 18.1 Å². The number of hydrogen-bond donors (Lipinski definition) is 1. The first-order valence-corrected chi connectivity index (χ1v) is 9.96. The Balaban J connectivity index is 1.24. The summed E-state index contributed by atoms with van der Waals surface area (Å²) in [7, 11) is 1.46. The molecule has 164 valence electrons. The van der Waals surface area contributed by atoms with Crippen LogP contribution in [0.5, 0.6) is 23.0 Å². The first-order chi connectivity index (χ1) is 15.0. The van der Waals surface area contributed by atoms with Gasteiger partial charge in [-0.15, -0.1) is 0 Å². The summed E-state index contributed by atoms with van der Waals surface area (Å²) in [6.07, 6.45) is 0. The first-order valence-electron chi connectivity index (χ1n) is 9.96. The fraction of sp³-hybridized carbons (Fsp3) is 0.364. The predicted octanol–water partition coefficient (Wildman–Crippen LogP) is 1.63. The lowest BCUT2D eigenvalue weighted by atomic mass is 10.1. The zero-order chi connectivity index (χ0) is 21.8. The van der Waals surface area contributed by atoms with Crippen LogP contribution in [0.25, 0.3) is 0 Å². The molecule has 0 bridgehead atoms.